The van der Waals surface area contributed by atoms with Gasteiger partial charge in [-0.25, -0.2) is 4.79 Å². The van der Waals surface area contributed by atoms with Crippen molar-refractivity contribution in [2.24, 2.45) is 0 Å². The molecule has 2 aromatic rings. The number of hydrogen-bond donors (Lipinski definition) is 1. The van der Waals surface area contributed by atoms with Crippen molar-refractivity contribution in [3.05, 3.63) is 46.8 Å². The number of hydrogen-bond acceptors (Lipinski definition) is 4. The van der Waals surface area contributed by atoms with Gasteiger partial charge in [-0.05, 0) is 45.4 Å². The quantitative estimate of drug-likeness (QED) is 0.853. The topological polar surface area (TPSA) is 73.2 Å². The van der Waals surface area contributed by atoms with Gasteiger partial charge in [0.15, 0.2) is 0 Å². The van der Waals surface area contributed by atoms with Gasteiger partial charge in [-0.2, -0.15) is 5.10 Å². The predicted molar refractivity (Wildman–Crippen MR) is 92.0 cm³/mol. The summed E-state index contributed by atoms with van der Waals surface area (Å²) in [7, 11) is 0. The SMILES string of the molecule is CCn1nc(C)c(C(=O)O[C@@H](C)c2cccc(NC(C)=O)c2)c1C. The number of benzene rings is 1. The molecule has 6 heteroatoms. The Labute approximate surface area is 141 Å². The van der Waals surface area contributed by atoms with Gasteiger partial charge in [-0.15, -0.1) is 0 Å². The molecule has 0 spiro atoms. The van der Waals surface area contributed by atoms with Crippen LogP contribution in [-0.4, -0.2) is 21.7 Å². The average molecular weight is 329 g/mol. The van der Waals surface area contributed by atoms with Crippen molar-refractivity contribution in [1.29, 1.82) is 0 Å². The summed E-state index contributed by atoms with van der Waals surface area (Å²) in [5.74, 6) is -0.530. The third-order valence-corrected chi connectivity index (χ3v) is 3.85. The summed E-state index contributed by atoms with van der Waals surface area (Å²) in [6.45, 7) is 9.60. The highest BCUT2D eigenvalue weighted by atomic mass is 16.5. The van der Waals surface area contributed by atoms with E-state index in [-0.39, 0.29) is 11.9 Å². The molecule has 1 N–H and O–H groups in total. The fourth-order valence-corrected chi connectivity index (χ4v) is 2.66. The van der Waals surface area contributed by atoms with E-state index in [2.05, 4.69) is 10.4 Å². The first-order chi connectivity index (χ1) is 11.3. The first-order valence-electron chi connectivity index (χ1n) is 7.96. The van der Waals surface area contributed by atoms with E-state index in [4.69, 9.17) is 4.74 Å². The Morgan fingerprint density at radius 1 is 1.33 bits per heavy atom. The fraction of sp³-hybridized carbons (Fsp3) is 0.389. The highest BCUT2D eigenvalue weighted by Crippen LogP contribution is 2.23. The van der Waals surface area contributed by atoms with Crippen molar-refractivity contribution in [2.45, 2.75) is 47.3 Å². The summed E-state index contributed by atoms with van der Waals surface area (Å²) in [5.41, 5.74) is 3.47. The van der Waals surface area contributed by atoms with Gasteiger partial charge in [0.05, 0.1) is 11.4 Å². The molecule has 0 saturated carbocycles. The van der Waals surface area contributed by atoms with Crippen LogP contribution in [0.2, 0.25) is 0 Å². The summed E-state index contributed by atoms with van der Waals surface area (Å²) in [6, 6.07) is 7.27. The van der Waals surface area contributed by atoms with E-state index >= 15 is 0 Å². The molecular weight excluding hydrogens is 306 g/mol. The van der Waals surface area contributed by atoms with Crippen LogP contribution in [0.5, 0.6) is 0 Å². The number of aryl methyl sites for hydroxylation is 2. The minimum absolute atomic E-state index is 0.143. The largest absolute Gasteiger partial charge is 0.454 e. The number of amides is 1. The summed E-state index contributed by atoms with van der Waals surface area (Å²) >= 11 is 0. The van der Waals surface area contributed by atoms with Gasteiger partial charge in [0.2, 0.25) is 5.91 Å². The highest BCUT2D eigenvalue weighted by Gasteiger charge is 2.22. The maximum atomic E-state index is 12.5. The van der Waals surface area contributed by atoms with Gasteiger partial charge in [-0.3, -0.25) is 9.48 Å². The number of ether oxygens (including phenoxy) is 1. The van der Waals surface area contributed by atoms with Crippen LogP contribution in [0.25, 0.3) is 0 Å². The molecule has 6 nitrogen and oxygen atoms in total. The molecule has 0 fully saturated rings. The Bertz CT molecular complexity index is 765. The van der Waals surface area contributed by atoms with Crippen molar-refractivity contribution >= 4 is 17.6 Å². The van der Waals surface area contributed by atoms with E-state index in [0.717, 1.165) is 11.3 Å². The Balaban J connectivity index is 2.17. The lowest BCUT2D eigenvalue weighted by Crippen LogP contribution is -2.12. The third kappa shape index (κ3) is 3.82. The number of aromatic nitrogens is 2. The van der Waals surface area contributed by atoms with E-state index in [9.17, 15) is 9.59 Å². The van der Waals surface area contributed by atoms with Crippen molar-refractivity contribution in [2.75, 3.05) is 5.32 Å². The molecule has 1 atom stereocenters. The summed E-state index contributed by atoms with van der Waals surface area (Å²) in [5, 5.41) is 7.07. The Hall–Kier alpha value is -2.63. The molecule has 1 amide bonds. The van der Waals surface area contributed by atoms with Gasteiger partial charge in [0.25, 0.3) is 0 Å². The van der Waals surface area contributed by atoms with E-state index < -0.39 is 6.10 Å². The molecule has 2 rings (SSSR count). The zero-order valence-electron chi connectivity index (χ0n) is 14.7. The fourth-order valence-electron chi connectivity index (χ4n) is 2.66. The first kappa shape index (κ1) is 17.7. The summed E-state index contributed by atoms with van der Waals surface area (Å²) < 4.78 is 7.38. The molecule has 128 valence electrons. The summed E-state index contributed by atoms with van der Waals surface area (Å²) in [6.07, 6.45) is -0.435. The number of carbonyl (C=O) groups is 2. The second-order valence-corrected chi connectivity index (χ2v) is 5.72. The molecule has 1 heterocycles. The first-order valence-corrected chi connectivity index (χ1v) is 7.96. The standard InChI is InChI=1S/C18H23N3O3/c1-6-21-12(3)17(11(2)20-21)18(23)24-13(4)15-8-7-9-16(10-15)19-14(5)22/h7-10,13H,6H2,1-5H3,(H,19,22)/t13-/m0/s1. The predicted octanol–water partition coefficient (Wildman–Crippen LogP) is 3.40. The normalized spacial score (nSPS) is 11.9. The minimum atomic E-state index is -0.435. The molecule has 0 aliphatic heterocycles. The molecular formula is C18H23N3O3. The molecule has 1 aromatic heterocycles. The molecule has 0 bridgehead atoms. The van der Waals surface area contributed by atoms with Crippen LogP contribution in [0, 0.1) is 13.8 Å². The van der Waals surface area contributed by atoms with Crippen LogP contribution < -0.4 is 5.32 Å². The van der Waals surface area contributed by atoms with E-state index in [1.165, 1.54) is 6.92 Å². The Kier molecular flexibility index (Phi) is 5.39. The minimum Gasteiger partial charge on any atom is -0.454 e. The molecule has 0 aliphatic carbocycles. The summed E-state index contributed by atoms with van der Waals surface area (Å²) in [4.78, 5) is 23.7. The Morgan fingerprint density at radius 2 is 2.04 bits per heavy atom. The van der Waals surface area contributed by atoms with Crippen LogP contribution in [0.15, 0.2) is 24.3 Å². The smallest absolute Gasteiger partial charge is 0.342 e. The number of carbonyl (C=O) groups excluding carboxylic acids is 2. The molecule has 0 unspecified atom stereocenters. The second kappa shape index (κ2) is 7.29. The monoisotopic (exact) mass is 329 g/mol. The molecule has 24 heavy (non-hydrogen) atoms. The van der Waals surface area contributed by atoms with Crippen molar-refractivity contribution in [3.8, 4) is 0 Å². The van der Waals surface area contributed by atoms with Crippen LogP contribution in [-0.2, 0) is 16.1 Å². The van der Waals surface area contributed by atoms with Crippen LogP contribution in [0.1, 0.15) is 54.2 Å². The lowest BCUT2D eigenvalue weighted by molar-refractivity contribution is -0.114. The zero-order chi connectivity index (χ0) is 17.9. The van der Waals surface area contributed by atoms with Crippen LogP contribution in [0.3, 0.4) is 0 Å². The van der Waals surface area contributed by atoms with Gasteiger partial charge < -0.3 is 10.1 Å². The van der Waals surface area contributed by atoms with E-state index in [0.29, 0.717) is 23.5 Å². The van der Waals surface area contributed by atoms with Gasteiger partial charge in [-0.1, -0.05) is 12.1 Å². The van der Waals surface area contributed by atoms with Crippen molar-refractivity contribution in [3.63, 3.8) is 0 Å². The molecule has 0 radical (unpaired) electrons. The maximum Gasteiger partial charge on any atom is 0.342 e. The lowest BCUT2D eigenvalue weighted by atomic mass is 10.1. The number of anilines is 1. The average Bonchev–Trinajstić information content (AvgIpc) is 2.80. The zero-order valence-corrected chi connectivity index (χ0v) is 14.7. The Morgan fingerprint density at radius 3 is 2.62 bits per heavy atom. The second-order valence-electron chi connectivity index (χ2n) is 5.72. The number of esters is 1. The third-order valence-electron chi connectivity index (χ3n) is 3.85. The number of nitrogens with zero attached hydrogens (tertiary/aromatic N) is 2. The number of rotatable bonds is 5. The van der Waals surface area contributed by atoms with E-state index in [1.807, 2.05) is 26.0 Å². The maximum absolute atomic E-state index is 12.5. The highest BCUT2D eigenvalue weighted by molar-refractivity contribution is 5.92. The number of nitrogens with one attached hydrogen (secondary N) is 1. The van der Waals surface area contributed by atoms with Crippen LogP contribution >= 0.6 is 0 Å². The molecule has 1 aromatic carbocycles. The van der Waals surface area contributed by atoms with Gasteiger partial charge in [0.1, 0.15) is 11.7 Å². The lowest BCUT2D eigenvalue weighted by Gasteiger charge is -2.15. The van der Waals surface area contributed by atoms with Gasteiger partial charge >= 0.3 is 5.97 Å². The molecule has 0 aliphatic rings. The van der Waals surface area contributed by atoms with E-state index in [1.54, 1.807) is 30.7 Å². The van der Waals surface area contributed by atoms with Crippen molar-refractivity contribution in [1.82, 2.24) is 9.78 Å². The molecule has 0 saturated heterocycles. The van der Waals surface area contributed by atoms with Crippen LogP contribution in [0.4, 0.5) is 5.69 Å². The van der Waals surface area contributed by atoms with Gasteiger partial charge in [0, 0.05) is 19.2 Å². The van der Waals surface area contributed by atoms with Crippen molar-refractivity contribution < 1.29 is 14.3 Å².